The van der Waals surface area contributed by atoms with Crippen molar-refractivity contribution >= 4 is 23.2 Å². The normalized spacial score (nSPS) is 21.6. The van der Waals surface area contributed by atoms with Gasteiger partial charge in [0.15, 0.2) is 17.6 Å². The van der Waals surface area contributed by atoms with Gasteiger partial charge in [-0.3, -0.25) is 4.79 Å². The van der Waals surface area contributed by atoms with E-state index in [4.69, 9.17) is 19.3 Å². The van der Waals surface area contributed by atoms with Gasteiger partial charge in [-0.1, -0.05) is 0 Å². The van der Waals surface area contributed by atoms with E-state index < -0.39 is 12.1 Å². The molecule has 20 heavy (non-hydrogen) atoms. The lowest BCUT2D eigenvalue weighted by Gasteiger charge is -2.30. The van der Waals surface area contributed by atoms with Gasteiger partial charge in [-0.2, -0.15) is 0 Å². The Bertz CT molecular complexity index is 542. The fourth-order valence-corrected chi connectivity index (χ4v) is 3.03. The first-order valence-corrected chi connectivity index (χ1v) is 7.05. The van der Waals surface area contributed by atoms with Crippen LogP contribution in [0.3, 0.4) is 0 Å². The third-order valence-corrected chi connectivity index (χ3v) is 4.05. The monoisotopic (exact) mass is 299 g/mol. The first-order chi connectivity index (χ1) is 9.66. The first-order valence-electron chi connectivity index (χ1n) is 6.17. The second kappa shape index (κ2) is 5.29. The number of ether oxygens (including phenoxy) is 3. The minimum atomic E-state index is -1.06. The highest BCUT2D eigenvalue weighted by Crippen LogP contribution is 2.40. The van der Waals surface area contributed by atoms with Crippen LogP contribution in [0.5, 0.6) is 11.5 Å². The van der Waals surface area contributed by atoms with Crippen molar-refractivity contribution in [2.24, 2.45) is 0 Å². The average Bonchev–Trinajstić information content (AvgIpc) is 2.90. The molecular weight excluding hydrogens is 286 g/mol. The van der Waals surface area contributed by atoms with Gasteiger partial charge in [0.2, 0.25) is 0 Å². The predicted octanol–water partition coefficient (Wildman–Crippen LogP) is 0.445. The molecule has 8 heteroatoms. The zero-order valence-electron chi connectivity index (χ0n) is 10.5. The number of thiophene rings is 1. The summed E-state index contributed by atoms with van der Waals surface area (Å²) in [7, 11) is 0. The lowest BCUT2D eigenvalue weighted by atomic mass is 10.2. The van der Waals surface area contributed by atoms with Gasteiger partial charge in [0.05, 0.1) is 13.2 Å². The van der Waals surface area contributed by atoms with Gasteiger partial charge >= 0.3 is 5.97 Å². The molecule has 7 nitrogen and oxygen atoms in total. The number of amides is 1. The van der Waals surface area contributed by atoms with Gasteiger partial charge in [0.1, 0.15) is 18.1 Å². The molecule has 1 aromatic rings. The maximum atomic E-state index is 12.5. The van der Waals surface area contributed by atoms with Crippen LogP contribution in [0.2, 0.25) is 0 Å². The summed E-state index contributed by atoms with van der Waals surface area (Å²) < 4.78 is 16.0. The Hall–Kier alpha value is -1.80. The van der Waals surface area contributed by atoms with Gasteiger partial charge < -0.3 is 24.2 Å². The summed E-state index contributed by atoms with van der Waals surface area (Å²) in [4.78, 5) is 25.3. The van der Waals surface area contributed by atoms with Gasteiger partial charge in [0, 0.05) is 11.9 Å². The Morgan fingerprint density at radius 3 is 2.90 bits per heavy atom. The second-order valence-electron chi connectivity index (χ2n) is 4.40. The largest absolute Gasteiger partial charge is 0.485 e. The average molecular weight is 299 g/mol. The van der Waals surface area contributed by atoms with E-state index in [1.165, 1.54) is 16.2 Å². The fraction of sp³-hybridized carbons (Fsp3) is 0.500. The molecule has 0 aromatic carbocycles. The quantitative estimate of drug-likeness (QED) is 0.853. The highest BCUT2D eigenvalue weighted by atomic mass is 32.1. The van der Waals surface area contributed by atoms with Crippen molar-refractivity contribution in [2.75, 3.05) is 32.9 Å². The summed E-state index contributed by atoms with van der Waals surface area (Å²) in [6, 6.07) is 0. The molecule has 1 aromatic heterocycles. The van der Waals surface area contributed by atoms with Crippen molar-refractivity contribution < 1.29 is 28.9 Å². The van der Waals surface area contributed by atoms with Crippen molar-refractivity contribution in [3.05, 3.63) is 10.3 Å². The Morgan fingerprint density at radius 1 is 1.30 bits per heavy atom. The van der Waals surface area contributed by atoms with Crippen LogP contribution in [0.15, 0.2) is 5.38 Å². The molecule has 1 N–H and O–H groups in total. The van der Waals surface area contributed by atoms with Crippen molar-refractivity contribution in [2.45, 2.75) is 6.10 Å². The lowest BCUT2D eigenvalue weighted by molar-refractivity contribution is -0.154. The van der Waals surface area contributed by atoms with E-state index >= 15 is 0 Å². The molecule has 0 saturated carbocycles. The van der Waals surface area contributed by atoms with Crippen molar-refractivity contribution in [1.29, 1.82) is 0 Å². The number of aliphatic carboxylic acids is 1. The number of hydrogen-bond acceptors (Lipinski definition) is 6. The van der Waals surface area contributed by atoms with Crippen LogP contribution in [0.4, 0.5) is 0 Å². The van der Waals surface area contributed by atoms with Crippen LogP contribution < -0.4 is 9.47 Å². The van der Waals surface area contributed by atoms with Crippen LogP contribution in [0.1, 0.15) is 9.67 Å². The minimum absolute atomic E-state index is 0.0434. The highest BCUT2D eigenvalue weighted by Gasteiger charge is 2.32. The molecule has 0 radical (unpaired) electrons. The maximum Gasteiger partial charge on any atom is 0.334 e. The standard InChI is InChI=1S/C12H13NO6S/c14-11(13-1-2-17-7(5-13)12(15)16)10-9-8(6-20-10)18-3-4-19-9/h6-7H,1-5H2,(H,15,16)/t7-/m1/s1. The van der Waals surface area contributed by atoms with Crippen LogP contribution in [0, 0.1) is 0 Å². The Balaban J connectivity index is 1.78. The third kappa shape index (κ3) is 2.32. The lowest BCUT2D eigenvalue weighted by Crippen LogP contribution is -2.48. The molecule has 1 amide bonds. The van der Waals surface area contributed by atoms with Crippen molar-refractivity contribution in [1.82, 2.24) is 4.90 Å². The molecule has 3 heterocycles. The molecule has 1 atom stereocenters. The number of carboxylic acid groups (broad SMARTS) is 1. The van der Waals surface area contributed by atoms with E-state index in [2.05, 4.69) is 0 Å². The molecule has 1 fully saturated rings. The SMILES string of the molecule is O=C(O)[C@H]1CN(C(=O)c2scc3c2OCCO3)CCO1. The number of rotatable bonds is 2. The number of nitrogens with zero attached hydrogens (tertiary/aromatic N) is 1. The number of carboxylic acids is 1. The van der Waals surface area contributed by atoms with Crippen LogP contribution in [-0.4, -0.2) is 60.9 Å². The molecule has 2 aliphatic rings. The fourth-order valence-electron chi connectivity index (χ4n) is 2.14. The Kier molecular flexibility index (Phi) is 3.49. The van der Waals surface area contributed by atoms with E-state index in [9.17, 15) is 9.59 Å². The molecule has 0 spiro atoms. The van der Waals surface area contributed by atoms with E-state index in [1.54, 1.807) is 5.38 Å². The van der Waals surface area contributed by atoms with E-state index in [0.717, 1.165) is 0 Å². The molecule has 0 aliphatic carbocycles. The topological polar surface area (TPSA) is 85.3 Å². The number of fused-ring (bicyclic) bond motifs is 1. The third-order valence-electron chi connectivity index (χ3n) is 3.12. The summed E-state index contributed by atoms with van der Waals surface area (Å²) in [5, 5.41) is 10.7. The van der Waals surface area contributed by atoms with Crippen molar-refractivity contribution in [3.63, 3.8) is 0 Å². The molecular formula is C12H13NO6S. The molecule has 0 bridgehead atoms. The van der Waals surface area contributed by atoms with Crippen LogP contribution >= 0.6 is 11.3 Å². The summed E-state index contributed by atoms with van der Waals surface area (Å²) in [5.74, 6) is -0.260. The van der Waals surface area contributed by atoms with Gasteiger partial charge in [-0.05, 0) is 0 Å². The van der Waals surface area contributed by atoms with Crippen LogP contribution in [0.25, 0.3) is 0 Å². The first kappa shape index (κ1) is 13.2. The summed E-state index contributed by atoms with van der Waals surface area (Å²) in [5.41, 5.74) is 0. The second-order valence-corrected chi connectivity index (χ2v) is 5.28. The van der Waals surface area contributed by atoms with E-state index in [-0.39, 0.29) is 19.1 Å². The maximum absolute atomic E-state index is 12.5. The number of morpholine rings is 1. The number of carbonyl (C=O) groups is 2. The smallest absolute Gasteiger partial charge is 0.334 e. The Morgan fingerprint density at radius 2 is 2.10 bits per heavy atom. The minimum Gasteiger partial charge on any atom is -0.485 e. The predicted molar refractivity (Wildman–Crippen MR) is 68.6 cm³/mol. The Labute approximate surface area is 118 Å². The molecule has 3 rings (SSSR count). The molecule has 108 valence electrons. The van der Waals surface area contributed by atoms with Gasteiger partial charge in [0.25, 0.3) is 5.91 Å². The molecule has 1 saturated heterocycles. The summed E-state index contributed by atoms with van der Waals surface area (Å²) in [6.07, 6.45) is -0.972. The van der Waals surface area contributed by atoms with Gasteiger partial charge in [-0.15, -0.1) is 11.3 Å². The van der Waals surface area contributed by atoms with Crippen LogP contribution in [-0.2, 0) is 9.53 Å². The number of carbonyl (C=O) groups excluding carboxylic acids is 1. The number of hydrogen-bond donors (Lipinski definition) is 1. The van der Waals surface area contributed by atoms with E-state index in [0.29, 0.717) is 36.1 Å². The van der Waals surface area contributed by atoms with Gasteiger partial charge in [-0.25, -0.2) is 4.79 Å². The van der Waals surface area contributed by atoms with Crippen molar-refractivity contribution in [3.8, 4) is 11.5 Å². The summed E-state index contributed by atoms with van der Waals surface area (Å²) in [6.45, 7) is 1.51. The summed E-state index contributed by atoms with van der Waals surface area (Å²) >= 11 is 1.25. The molecule has 2 aliphatic heterocycles. The zero-order chi connectivity index (χ0) is 14.1. The highest BCUT2D eigenvalue weighted by molar-refractivity contribution is 7.12. The van der Waals surface area contributed by atoms with E-state index in [1.807, 2.05) is 0 Å². The zero-order valence-corrected chi connectivity index (χ0v) is 11.4. The molecule has 0 unspecified atom stereocenters.